The number of benzene rings is 1. The SMILES string of the molecule is CCCS(=O)(=O)NCCN(c1cccc(C)c1C)S(C)(=O)=O. The fraction of sp³-hybridized carbons (Fsp3) is 0.571. The number of nitrogens with one attached hydrogen (secondary N) is 1. The zero-order valence-corrected chi connectivity index (χ0v) is 15.1. The number of rotatable bonds is 8. The predicted octanol–water partition coefficient (Wildman–Crippen LogP) is 1.40. The molecular formula is C14H24N2O4S2. The van der Waals surface area contributed by atoms with Crippen molar-refractivity contribution in [1.29, 1.82) is 0 Å². The average molecular weight is 348 g/mol. The van der Waals surface area contributed by atoms with Gasteiger partial charge in [-0.05, 0) is 37.5 Å². The van der Waals surface area contributed by atoms with E-state index < -0.39 is 20.0 Å². The Morgan fingerprint density at radius 3 is 2.32 bits per heavy atom. The molecule has 0 fully saturated rings. The van der Waals surface area contributed by atoms with Gasteiger partial charge in [0.1, 0.15) is 0 Å². The van der Waals surface area contributed by atoms with E-state index in [1.54, 1.807) is 19.1 Å². The Morgan fingerprint density at radius 1 is 1.14 bits per heavy atom. The van der Waals surface area contributed by atoms with Crippen LogP contribution in [0.15, 0.2) is 18.2 Å². The highest BCUT2D eigenvalue weighted by Crippen LogP contribution is 2.24. The third kappa shape index (κ3) is 5.26. The molecule has 0 radical (unpaired) electrons. The second-order valence-electron chi connectivity index (χ2n) is 5.27. The first-order valence-electron chi connectivity index (χ1n) is 7.09. The summed E-state index contributed by atoms with van der Waals surface area (Å²) in [7, 11) is -6.83. The van der Waals surface area contributed by atoms with Crippen LogP contribution in [0.3, 0.4) is 0 Å². The van der Waals surface area contributed by atoms with Crippen molar-refractivity contribution in [1.82, 2.24) is 4.72 Å². The van der Waals surface area contributed by atoms with Gasteiger partial charge in [-0.15, -0.1) is 0 Å². The summed E-state index contributed by atoms with van der Waals surface area (Å²) in [6.45, 7) is 5.64. The zero-order chi connectivity index (χ0) is 17.0. The highest BCUT2D eigenvalue weighted by atomic mass is 32.2. The van der Waals surface area contributed by atoms with E-state index in [0.29, 0.717) is 12.1 Å². The van der Waals surface area contributed by atoms with Crippen LogP contribution in [0.2, 0.25) is 0 Å². The van der Waals surface area contributed by atoms with E-state index in [4.69, 9.17) is 0 Å². The van der Waals surface area contributed by atoms with E-state index in [2.05, 4.69) is 4.72 Å². The van der Waals surface area contributed by atoms with Crippen molar-refractivity contribution in [3.8, 4) is 0 Å². The molecule has 0 saturated heterocycles. The molecule has 0 bridgehead atoms. The summed E-state index contributed by atoms with van der Waals surface area (Å²) in [4.78, 5) is 0. The second-order valence-corrected chi connectivity index (χ2v) is 9.10. The Morgan fingerprint density at radius 2 is 1.77 bits per heavy atom. The number of nitrogens with zero attached hydrogens (tertiary/aromatic N) is 1. The van der Waals surface area contributed by atoms with Crippen LogP contribution in [-0.4, -0.2) is 41.9 Å². The number of anilines is 1. The van der Waals surface area contributed by atoms with Crippen molar-refractivity contribution in [2.75, 3.05) is 29.4 Å². The highest BCUT2D eigenvalue weighted by molar-refractivity contribution is 7.92. The fourth-order valence-corrected chi connectivity index (χ4v) is 4.18. The summed E-state index contributed by atoms with van der Waals surface area (Å²) in [6, 6.07) is 5.42. The molecule has 1 aromatic rings. The topological polar surface area (TPSA) is 83.6 Å². The van der Waals surface area contributed by atoms with Gasteiger partial charge in [0, 0.05) is 13.1 Å². The maximum atomic E-state index is 12.0. The van der Waals surface area contributed by atoms with Gasteiger partial charge in [-0.3, -0.25) is 4.31 Å². The first-order valence-corrected chi connectivity index (χ1v) is 10.6. The predicted molar refractivity (Wildman–Crippen MR) is 90.2 cm³/mol. The molecule has 0 aliphatic carbocycles. The van der Waals surface area contributed by atoms with Gasteiger partial charge in [0.2, 0.25) is 20.0 Å². The van der Waals surface area contributed by atoms with E-state index >= 15 is 0 Å². The minimum absolute atomic E-state index is 0.0371. The van der Waals surface area contributed by atoms with Crippen LogP contribution in [-0.2, 0) is 20.0 Å². The van der Waals surface area contributed by atoms with Crippen LogP contribution in [0, 0.1) is 13.8 Å². The molecular weight excluding hydrogens is 324 g/mol. The van der Waals surface area contributed by atoms with Crippen molar-refractivity contribution < 1.29 is 16.8 Å². The lowest BCUT2D eigenvalue weighted by molar-refractivity contribution is 0.577. The van der Waals surface area contributed by atoms with E-state index in [0.717, 1.165) is 17.4 Å². The van der Waals surface area contributed by atoms with E-state index in [1.165, 1.54) is 4.31 Å². The van der Waals surface area contributed by atoms with Gasteiger partial charge in [-0.2, -0.15) is 0 Å². The summed E-state index contributed by atoms with van der Waals surface area (Å²) in [6.07, 6.45) is 1.64. The third-order valence-corrected chi connectivity index (χ3v) is 6.12. The Balaban J connectivity index is 2.95. The number of sulfonamides is 2. The maximum absolute atomic E-state index is 12.0. The molecule has 0 atom stereocenters. The molecule has 1 N–H and O–H groups in total. The Kier molecular flexibility index (Phi) is 6.39. The third-order valence-electron chi connectivity index (χ3n) is 3.35. The van der Waals surface area contributed by atoms with Crippen molar-refractivity contribution in [2.45, 2.75) is 27.2 Å². The van der Waals surface area contributed by atoms with Crippen molar-refractivity contribution >= 4 is 25.7 Å². The first kappa shape index (κ1) is 18.9. The Hall–Kier alpha value is -1.12. The molecule has 1 aromatic carbocycles. The first-order chi connectivity index (χ1) is 10.1. The molecule has 0 aliphatic rings. The zero-order valence-electron chi connectivity index (χ0n) is 13.5. The molecule has 0 amide bonds. The van der Waals surface area contributed by atoms with Gasteiger partial charge in [-0.25, -0.2) is 21.6 Å². The van der Waals surface area contributed by atoms with Gasteiger partial charge < -0.3 is 0 Å². The summed E-state index contributed by atoms with van der Waals surface area (Å²) < 4.78 is 51.0. The van der Waals surface area contributed by atoms with Gasteiger partial charge in [-0.1, -0.05) is 19.1 Å². The van der Waals surface area contributed by atoms with E-state index in [1.807, 2.05) is 19.9 Å². The van der Waals surface area contributed by atoms with Crippen molar-refractivity contribution in [3.63, 3.8) is 0 Å². The van der Waals surface area contributed by atoms with Crippen LogP contribution in [0.4, 0.5) is 5.69 Å². The molecule has 0 aliphatic heterocycles. The van der Waals surface area contributed by atoms with Crippen molar-refractivity contribution in [2.24, 2.45) is 0 Å². The summed E-state index contributed by atoms with van der Waals surface area (Å²) in [5.74, 6) is 0.0371. The summed E-state index contributed by atoms with van der Waals surface area (Å²) >= 11 is 0. The molecule has 0 unspecified atom stereocenters. The largest absolute Gasteiger partial charge is 0.269 e. The smallest absolute Gasteiger partial charge is 0.232 e. The monoisotopic (exact) mass is 348 g/mol. The number of aryl methyl sites for hydroxylation is 1. The minimum Gasteiger partial charge on any atom is -0.269 e. The van der Waals surface area contributed by atoms with Crippen LogP contribution in [0.1, 0.15) is 24.5 Å². The molecule has 0 aromatic heterocycles. The molecule has 8 heteroatoms. The van der Waals surface area contributed by atoms with E-state index in [9.17, 15) is 16.8 Å². The lowest BCUT2D eigenvalue weighted by Crippen LogP contribution is -2.39. The van der Waals surface area contributed by atoms with Crippen LogP contribution < -0.4 is 9.03 Å². The van der Waals surface area contributed by atoms with Crippen LogP contribution in [0.25, 0.3) is 0 Å². The quantitative estimate of drug-likeness (QED) is 0.770. The van der Waals surface area contributed by atoms with Crippen LogP contribution in [0.5, 0.6) is 0 Å². The summed E-state index contributed by atoms with van der Waals surface area (Å²) in [5.41, 5.74) is 2.43. The molecule has 1 rings (SSSR count). The fourth-order valence-electron chi connectivity index (χ4n) is 2.11. The lowest BCUT2D eigenvalue weighted by Gasteiger charge is -2.25. The van der Waals surface area contributed by atoms with Gasteiger partial charge in [0.25, 0.3) is 0 Å². The average Bonchev–Trinajstić information content (AvgIpc) is 2.37. The number of hydrogen-bond donors (Lipinski definition) is 1. The van der Waals surface area contributed by atoms with Gasteiger partial charge >= 0.3 is 0 Å². The molecule has 22 heavy (non-hydrogen) atoms. The highest BCUT2D eigenvalue weighted by Gasteiger charge is 2.20. The Labute approximate surface area is 133 Å². The molecule has 6 nitrogen and oxygen atoms in total. The lowest BCUT2D eigenvalue weighted by atomic mass is 10.1. The number of hydrogen-bond acceptors (Lipinski definition) is 4. The van der Waals surface area contributed by atoms with Gasteiger partial charge in [0.15, 0.2) is 0 Å². The van der Waals surface area contributed by atoms with Crippen molar-refractivity contribution in [3.05, 3.63) is 29.3 Å². The Bertz CT molecular complexity index is 712. The van der Waals surface area contributed by atoms with Gasteiger partial charge in [0.05, 0.1) is 17.7 Å². The minimum atomic E-state index is -3.49. The van der Waals surface area contributed by atoms with Crippen LogP contribution >= 0.6 is 0 Å². The molecule has 0 heterocycles. The standard InChI is InChI=1S/C14H24N2O4S2/c1-5-11-22(19,20)15-9-10-16(21(4,17)18)14-8-6-7-12(2)13(14)3/h6-8,15H,5,9-11H2,1-4H3. The molecule has 0 saturated carbocycles. The molecule has 0 spiro atoms. The normalized spacial score (nSPS) is 12.4. The maximum Gasteiger partial charge on any atom is 0.232 e. The summed E-state index contributed by atoms with van der Waals surface area (Å²) in [5, 5.41) is 0. The molecule has 126 valence electrons. The second kappa shape index (κ2) is 7.43. The van der Waals surface area contributed by atoms with E-state index in [-0.39, 0.29) is 18.8 Å².